The van der Waals surface area contributed by atoms with Crippen molar-refractivity contribution in [3.63, 3.8) is 0 Å². The lowest BCUT2D eigenvalue weighted by Crippen LogP contribution is -2.19. The maximum atomic E-state index is 12.4. The minimum atomic E-state index is -4.55. The molecule has 0 saturated heterocycles. The number of fused-ring (bicyclic) bond motifs is 1. The zero-order valence-corrected chi connectivity index (χ0v) is 9.13. The molecule has 1 amide bonds. The fourth-order valence-corrected chi connectivity index (χ4v) is 3.18. The van der Waals surface area contributed by atoms with Crippen molar-refractivity contribution in [2.45, 2.75) is 11.1 Å². The molecule has 1 atom stereocenters. The molecule has 1 aliphatic rings. The Balaban J connectivity index is 2.69. The number of nitrogens with one attached hydrogen (secondary N) is 1. The highest BCUT2D eigenvalue weighted by Crippen LogP contribution is 2.33. The molecule has 0 aliphatic carbocycles. The summed E-state index contributed by atoms with van der Waals surface area (Å²) >= 11 is 4.55. The van der Waals surface area contributed by atoms with Crippen LogP contribution in [0.15, 0.2) is 23.1 Å². The number of hydrogen-bond donors (Lipinski definition) is 1. The summed E-state index contributed by atoms with van der Waals surface area (Å²) in [5.41, 5.74) is -1.03. The Hall–Kier alpha value is -1.15. The van der Waals surface area contributed by atoms with E-state index in [4.69, 9.17) is 0 Å². The molecule has 0 fully saturated rings. The third-order valence-corrected chi connectivity index (χ3v) is 4.23. The first kappa shape index (κ1) is 11.3. The maximum Gasteiger partial charge on any atom is 0.416 e. The molecule has 1 aromatic rings. The first-order valence-electron chi connectivity index (χ1n) is 4.00. The summed E-state index contributed by atoms with van der Waals surface area (Å²) in [5.74, 6) is -0.705. The Kier molecular flexibility index (Phi) is 2.25. The van der Waals surface area contributed by atoms with Gasteiger partial charge in [0.15, 0.2) is 0 Å². The lowest BCUT2D eigenvalue weighted by molar-refractivity contribution is -0.137. The molecule has 16 heavy (non-hydrogen) atoms. The van der Waals surface area contributed by atoms with Crippen LogP contribution in [0.5, 0.6) is 0 Å². The topological polar surface area (TPSA) is 46.2 Å². The number of carbonyl (C=O) groups excluding carboxylic acids is 1. The Labute approximate surface area is 93.5 Å². The monoisotopic (exact) mass is 267 g/mol. The van der Waals surface area contributed by atoms with E-state index in [0.717, 1.165) is 12.1 Å². The number of amides is 1. The molecular formula is C8H4F3NO2S2. The first-order chi connectivity index (χ1) is 7.22. The van der Waals surface area contributed by atoms with Crippen LogP contribution in [0.25, 0.3) is 0 Å². The van der Waals surface area contributed by atoms with Crippen molar-refractivity contribution >= 4 is 25.8 Å². The highest BCUT2D eigenvalue weighted by molar-refractivity contribution is 8.32. The van der Waals surface area contributed by atoms with Crippen molar-refractivity contribution in [3.05, 3.63) is 29.3 Å². The van der Waals surface area contributed by atoms with Crippen molar-refractivity contribution < 1.29 is 22.2 Å². The molecule has 1 N–H and O–H groups in total. The molecule has 8 heteroatoms. The van der Waals surface area contributed by atoms with Crippen LogP contribution in [0.1, 0.15) is 15.9 Å². The highest BCUT2D eigenvalue weighted by Gasteiger charge is 2.35. The second kappa shape index (κ2) is 3.17. The Morgan fingerprint density at radius 3 is 2.50 bits per heavy atom. The average Bonchev–Trinajstić information content (AvgIpc) is 2.36. The van der Waals surface area contributed by atoms with Crippen LogP contribution in [-0.4, -0.2) is 10.1 Å². The lowest BCUT2D eigenvalue weighted by atomic mass is 10.1. The van der Waals surface area contributed by atoms with E-state index in [9.17, 15) is 22.2 Å². The smallest absolute Gasteiger partial charge is 0.268 e. The van der Waals surface area contributed by atoms with E-state index < -0.39 is 26.3 Å². The predicted octanol–water partition coefficient (Wildman–Crippen LogP) is 1.47. The molecule has 0 saturated carbocycles. The van der Waals surface area contributed by atoms with Crippen molar-refractivity contribution in [3.8, 4) is 0 Å². The van der Waals surface area contributed by atoms with E-state index in [0.29, 0.717) is 6.07 Å². The van der Waals surface area contributed by atoms with Gasteiger partial charge < -0.3 is 0 Å². The van der Waals surface area contributed by atoms with Crippen molar-refractivity contribution in [2.75, 3.05) is 0 Å². The second-order valence-corrected chi connectivity index (χ2v) is 6.20. The van der Waals surface area contributed by atoms with Crippen LogP contribution in [0.3, 0.4) is 0 Å². The number of halogens is 3. The van der Waals surface area contributed by atoms with Crippen molar-refractivity contribution in [1.82, 2.24) is 4.72 Å². The Morgan fingerprint density at radius 1 is 1.31 bits per heavy atom. The third-order valence-electron chi connectivity index (χ3n) is 2.07. The molecule has 0 spiro atoms. The summed E-state index contributed by atoms with van der Waals surface area (Å²) < 4.78 is 50.7. The summed E-state index contributed by atoms with van der Waals surface area (Å²) in [7, 11) is -3.30. The quantitative estimate of drug-likeness (QED) is 0.774. The molecule has 86 valence electrons. The van der Waals surface area contributed by atoms with Crippen LogP contribution in [0.4, 0.5) is 13.2 Å². The first-order valence-corrected chi connectivity index (χ1v) is 6.48. The van der Waals surface area contributed by atoms with E-state index in [1.807, 2.05) is 4.72 Å². The Morgan fingerprint density at radius 2 is 1.94 bits per heavy atom. The fraction of sp³-hybridized carbons (Fsp3) is 0.125. The zero-order valence-electron chi connectivity index (χ0n) is 7.50. The number of hydrogen-bond acceptors (Lipinski definition) is 3. The van der Waals surface area contributed by atoms with Gasteiger partial charge in [0, 0.05) is 11.2 Å². The number of carbonyl (C=O) groups is 1. The van der Waals surface area contributed by atoms with Crippen LogP contribution < -0.4 is 4.72 Å². The van der Waals surface area contributed by atoms with Gasteiger partial charge in [0.2, 0.25) is 0 Å². The summed E-state index contributed by atoms with van der Waals surface area (Å²) in [4.78, 5) is 10.9. The molecule has 0 radical (unpaired) electrons. The normalized spacial score (nSPS) is 24.1. The third kappa shape index (κ3) is 1.67. The van der Waals surface area contributed by atoms with E-state index >= 15 is 0 Å². The molecule has 0 aromatic heterocycles. The second-order valence-electron chi connectivity index (χ2n) is 3.14. The maximum absolute atomic E-state index is 12.4. The van der Waals surface area contributed by atoms with Crippen LogP contribution in [0, 0.1) is 0 Å². The van der Waals surface area contributed by atoms with Crippen LogP contribution >= 0.6 is 0 Å². The van der Waals surface area contributed by atoms with E-state index in [2.05, 4.69) is 11.2 Å². The molecule has 1 heterocycles. The molecular weight excluding hydrogens is 263 g/mol. The minimum Gasteiger partial charge on any atom is -0.268 e. The van der Waals surface area contributed by atoms with Gasteiger partial charge >= 0.3 is 6.18 Å². The minimum absolute atomic E-state index is 0.0620. The summed E-state index contributed by atoms with van der Waals surface area (Å²) in [5, 5.41) is 0. The van der Waals surface area contributed by atoms with Gasteiger partial charge in [0.25, 0.3) is 5.91 Å². The van der Waals surface area contributed by atoms with Crippen molar-refractivity contribution in [1.29, 1.82) is 0 Å². The molecule has 1 aromatic carbocycles. The summed E-state index contributed by atoms with van der Waals surface area (Å²) in [6.45, 7) is 0. The van der Waals surface area contributed by atoms with Gasteiger partial charge in [0.05, 0.1) is 16.0 Å². The van der Waals surface area contributed by atoms with E-state index in [1.165, 1.54) is 0 Å². The molecule has 0 bridgehead atoms. The highest BCUT2D eigenvalue weighted by atomic mass is 32.8. The lowest BCUT2D eigenvalue weighted by Gasteiger charge is -2.07. The Bertz CT molecular complexity index is 577. The molecule has 1 unspecified atom stereocenters. The number of rotatable bonds is 0. The summed E-state index contributed by atoms with van der Waals surface area (Å²) in [6.07, 6.45) is -4.55. The zero-order chi connectivity index (χ0) is 12.1. The number of benzene rings is 1. The fourth-order valence-electron chi connectivity index (χ4n) is 1.34. The van der Waals surface area contributed by atoms with Crippen molar-refractivity contribution in [2.24, 2.45) is 0 Å². The standard InChI is InChI=1S/C8H4F3NO2S2/c9-8(10,11)4-1-2-5-6(3-4)16(14,15)12-7(5)13/h1-3H,(H,12,13). The predicted molar refractivity (Wildman–Crippen MR) is 52.7 cm³/mol. The summed E-state index contributed by atoms with van der Waals surface area (Å²) in [6, 6.07) is 2.39. The van der Waals surface area contributed by atoms with Gasteiger partial charge in [-0.2, -0.15) is 13.2 Å². The van der Waals surface area contributed by atoms with Gasteiger partial charge in [-0.15, -0.1) is 0 Å². The van der Waals surface area contributed by atoms with E-state index in [-0.39, 0.29) is 10.5 Å². The van der Waals surface area contributed by atoms with E-state index in [1.54, 1.807) is 0 Å². The van der Waals surface area contributed by atoms with Gasteiger partial charge in [-0.25, -0.2) is 4.21 Å². The number of alkyl halides is 3. The molecule has 2 rings (SSSR count). The van der Waals surface area contributed by atoms with Crippen LogP contribution in [0.2, 0.25) is 0 Å². The van der Waals surface area contributed by atoms with Gasteiger partial charge in [-0.05, 0) is 18.2 Å². The van der Waals surface area contributed by atoms with Gasteiger partial charge in [0.1, 0.15) is 8.68 Å². The van der Waals surface area contributed by atoms with Gasteiger partial charge in [-0.1, -0.05) is 0 Å². The average molecular weight is 267 g/mol. The SMILES string of the molecule is O=C1NS(=O)(=S)c2cc(C(F)(F)F)ccc21. The molecule has 1 aliphatic heterocycles. The molecule has 3 nitrogen and oxygen atoms in total. The van der Waals surface area contributed by atoms with Gasteiger partial charge in [-0.3, -0.25) is 9.52 Å². The van der Waals surface area contributed by atoms with Crippen LogP contribution in [-0.2, 0) is 26.0 Å². The largest absolute Gasteiger partial charge is 0.416 e.